The van der Waals surface area contributed by atoms with Gasteiger partial charge in [0.2, 0.25) is 11.8 Å². The van der Waals surface area contributed by atoms with Crippen molar-refractivity contribution in [2.75, 3.05) is 24.4 Å². The number of aliphatic carboxylic acids is 1. The molecule has 0 aromatic carbocycles. The molecule has 0 aliphatic carbocycles. The van der Waals surface area contributed by atoms with Crippen molar-refractivity contribution in [1.82, 2.24) is 40.6 Å². The van der Waals surface area contributed by atoms with Crippen molar-refractivity contribution in [2.45, 2.75) is 29.1 Å². The van der Waals surface area contributed by atoms with Gasteiger partial charge in [0, 0.05) is 25.5 Å². The zero-order chi connectivity index (χ0) is 23.6. The Balaban J connectivity index is 1.43. The number of carbonyl (C=O) groups excluding carboxylic acids is 2. The van der Waals surface area contributed by atoms with Gasteiger partial charge in [-0.05, 0) is 10.8 Å². The molecule has 2 aromatic rings. The van der Waals surface area contributed by atoms with E-state index in [2.05, 4.69) is 30.9 Å². The Bertz CT molecular complexity index is 1090. The van der Waals surface area contributed by atoms with Crippen LogP contribution in [-0.4, -0.2) is 93.7 Å². The van der Waals surface area contributed by atoms with Crippen LogP contribution in [0.2, 0.25) is 0 Å². The molecule has 2 unspecified atom stereocenters. The molecule has 17 heteroatoms. The van der Waals surface area contributed by atoms with E-state index < -0.39 is 28.9 Å². The fourth-order valence-corrected chi connectivity index (χ4v) is 6.26. The molecule has 1 fully saturated rings. The van der Waals surface area contributed by atoms with Gasteiger partial charge in [0.25, 0.3) is 16.9 Å². The van der Waals surface area contributed by atoms with Crippen molar-refractivity contribution in [3.05, 3.63) is 23.5 Å². The molecule has 176 valence electrons. The van der Waals surface area contributed by atoms with Gasteiger partial charge in [-0.3, -0.25) is 14.5 Å². The number of hydrogen-bond acceptors (Lipinski definition) is 13. The maximum absolute atomic E-state index is 13.1. The number of carboxylic acid groups (broad SMARTS) is 1. The van der Waals surface area contributed by atoms with Crippen LogP contribution in [0, 0.1) is 6.92 Å². The number of fused-ring (bicyclic) bond motifs is 1. The smallest absolute Gasteiger partial charge is 0.352 e. The highest BCUT2D eigenvalue weighted by atomic mass is 32.2. The topological polar surface area (TPSA) is 178 Å². The Hall–Kier alpha value is -2.63. The monoisotopic (exact) mass is 514 g/mol. The number of aromatic nitrogens is 6. The Morgan fingerprint density at radius 1 is 1.45 bits per heavy atom. The van der Waals surface area contributed by atoms with Gasteiger partial charge >= 0.3 is 5.97 Å². The number of ether oxygens (including phenoxy) is 1. The first-order valence-corrected chi connectivity index (χ1v) is 12.5. The van der Waals surface area contributed by atoms with Crippen LogP contribution in [0.3, 0.4) is 0 Å². The second kappa shape index (κ2) is 9.70. The lowest BCUT2D eigenvalue weighted by Crippen LogP contribution is -2.80. The lowest BCUT2D eigenvalue weighted by atomic mass is 9.98. The minimum atomic E-state index is -1.64. The fraction of sp³-hybridized carbons (Fsp3) is 0.500. The standard InChI is InChI=1S/C16H18N8O6S3/c1-8-20-21-15(30-8)33-4-9-3-32-14-16(29-2,13(28)24(14)11(9)12(26)27)19-10(25)5-31-7-23-18-6-17-22-23/h6,14H,3-5,7H2,1-2H3,(H,19,25)(H,26,27). The van der Waals surface area contributed by atoms with Gasteiger partial charge in [0.1, 0.15) is 16.9 Å². The second-order valence-corrected chi connectivity index (χ2v) is 9.70. The number of β-lactam (4-membered cyclic amide) rings is 1. The lowest BCUT2D eigenvalue weighted by Gasteiger charge is -2.55. The van der Waals surface area contributed by atoms with Gasteiger partial charge in [-0.1, -0.05) is 11.8 Å². The molecule has 2 aromatic heterocycles. The third kappa shape index (κ3) is 4.57. The molecule has 33 heavy (non-hydrogen) atoms. The molecule has 0 bridgehead atoms. The van der Waals surface area contributed by atoms with E-state index in [9.17, 15) is 19.5 Å². The number of tetrazole rings is 1. The molecule has 2 amide bonds. The van der Waals surface area contributed by atoms with Crippen LogP contribution >= 0.6 is 35.3 Å². The summed E-state index contributed by atoms with van der Waals surface area (Å²) in [6, 6.07) is 0. The first-order chi connectivity index (χ1) is 15.9. The summed E-state index contributed by atoms with van der Waals surface area (Å²) in [7, 11) is 1.30. The van der Waals surface area contributed by atoms with Gasteiger partial charge in [-0.25, -0.2) is 4.79 Å². The molecular formula is C16H18N8O6S3. The van der Waals surface area contributed by atoms with Crippen LogP contribution in [0.1, 0.15) is 5.89 Å². The van der Waals surface area contributed by atoms with Gasteiger partial charge in [0.15, 0.2) is 6.33 Å². The Morgan fingerprint density at radius 2 is 2.27 bits per heavy atom. The predicted molar refractivity (Wildman–Crippen MR) is 116 cm³/mol. The number of nitrogens with one attached hydrogen (secondary N) is 1. The fourth-order valence-electron chi connectivity index (χ4n) is 3.25. The third-order valence-electron chi connectivity index (χ3n) is 4.67. The number of rotatable bonds is 10. The summed E-state index contributed by atoms with van der Waals surface area (Å²) in [6.45, 7) is 1.65. The maximum atomic E-state index is 13.1. The molecule has 0 radical (unpaired) electrons. The lowest BCUT2D eigenvalue weighted by molar-refractivity contribution is -0.192. The summed E-state index contributed by atoms with van der Waals surface area (Å²) in [5.74, 6) is -1.02. The number of carbonyl (C=O) groups is 3. The highest BCUT2D eigenvalue weighted by molar-refractivity contribution is 8.01. The molecule has 14 nitrogen and oxygen atoms in total. The first kappa shape index (κ1) is 23.5. The molecule has 2 N–H and O–H groups in total. The number of thioether (sulfide) groups is 3. The van der Waals surface area contributed by atoms with Crippen molar-refractivity contribution in [1.29, 1.82) is 0 Å². The van der Waals surface area contributed by atoms with E-state index in [1.54, 1.807) is 6.92 Å². The third-order valence-corrected chi connectivity index (χ3v) is 7.83. The van der Waals surface area contributed by atoms with E-state index in [4.69, 9.17) is 9.15 Å². The summed E-state index contributed by atoms with van der Waals surface area (Å²) in [5.41, 5.74) is -1.23. The molecule has 1 saturated heterocycles. The van der Waals surface area contributed by atoms with E-state index in [1.165, 1.54) is 53.5 Å². The van der Waals surface area contributed by atoms with Crippen molar-refractivity contribution in [2.24, 2.45) is 0 Å². The average Bonchev–Trinajstić information content (AvgIpc) is 3.46. The van der Waals surface area contributed by atoms with E-state index in [0.29, 0.717) is 28.3 Å². The van der Waals surface area contributed by atoms with Crippen LogP contribution in [0.15, 0.2) is 27.2 Å². The number of hydrogen-bond donors (Lipinski definition) is 2. The van der Waals surface area contributed by atoms with E-state index >= 15 is 0 Å². The Labute approximate surface area is 199 Å². The molecule has 0 saturated carbocycles. The molecule has 0 spiro atoms. The average molecular weight is 515 g/mol. The van der Waals surface area contributed by atoms with Gasteiger partial charge < -0.3 is 19.6 Å². The number of aryl methyl sites for hydroxylation is 1. The minimum Gasteiger partial charge on any atom is -0.477 e. The summed E-state index contributed by atoms with van der Waals surface area (Å²) in [5, 5.41) is 30.8. The van der Waals surface area contributed by atoms with Crippen molar-refractivity contribution >= 4 is 53.1 Å². The SMILES string of the molecule is COC1(NC(=O)CSCn2ncnn2)C(=O)N2C(C(=O)O)=C(CSc3nnc(C)o3)CSC21. The van der Waals surface area contributed by atoms with E-state index in [1.807, 2.05) is 0 Å². The van der Waals surface area contributed by atoms with Gasteiger partial charge in [-0.15, -0.1) is 43.9 Å². The number of nitrogens with zero attached hydrogens (tertiary/aromatic N) is 7. The Kier molecular flexibility index (Phi) is 6.91. The molecule has 4 heterocycles. The highest BCUT2D eigenvalue weighted by Crippen LogP contribution is 2.47. The van der Waals surface area contributed by atoms with Crippen LogP contribution < -0.4 is 5.32 Å². The van der Waals surface area contributed by atoms with Crippen LogP contribution in [0.25, 0.3) is 0 Å². The maximum Gasteiger partial charge on any atom is 0.352 e. The van der Waals surface area contributed by atoms with E-state index in [0.717, 1.165) is 4.90 Å². The summed E-state index contributed by atoms with van der Waals surface area (Å²) < 4.78 is 10.7. The van der Waals surface area contributed by atoms with Crippen LogP contribution in [0.4, 0.5) is 0 Å². The van der Waals surface area contributed by atoms with Gasteiger partial charge in [0.05, 0.1) is 5.75 Å². The molecule has 2 aliphatic heterocycles. The van der Waals surface area contributed by atoms with Crippen LogP contribution in [0.5, 0.6) is 0 Å². The quantitative estimate of drug-likeness (QED) is 0.237. The van der Waals surface area contributed by atoms with Crippen molar-refractivity contribution in [3.8, 4) is 0 Å². The van der Waals surface area contributed by atoms with Crippen molar-refractivity contribution < 1.29 is 28.6 Å². The van der Waals surface area contributed by atoms with Crippen LogP contribution in [-0.2, 0) is 25.0 Å². The molecular weight excluding hydrogens is 496 g/mol. The second-order valence-electron chi connectivity index (χ2n) is 6.75. The normalized spacial score (nSPS) is 22.2. The Morgan fingerprint density at radius 3 is 2.91 bits per heavy atom. The molecule has 4 rings (SSSR count). The summed E-state index contributed by atoms with van der Waals surface area (Å²) >= 11 is 3.72. The zero-order valence-corrected chi connectivity index (χ0v) is 19.8. The summed E-state index contributed by atoms with van der Waals surface area (Å²) in [4.78, 5) is 40.0. The highest BCUT2D eigenvalue weighted by Gasteiger charge is 2.66. The number of methoxy groups -OCH3 is 1. The number of amides is 2. The molecule has 2 atom stereocenters. The molecule has 2 aliphatic rings. The largest absolute Gasteiger partial charge is 0.477 e. The number of carboxylic acids is 1. The van der Waals surface area contributed by atoms with Crippen molar-refractivity contribution in [3.63, 3.8) is 0 Å². The summed E-state index contributed by atoms with van der Waals surface area (Å²) in [6.07, 6.45) is 1.28. The minimum absolute atomic E-state index is 0.0183. The van der Waals surface area contributed by atoms with E-state index in [-0.39, 0.29) is 17.2 Å². The zero-order valence-electron chi connectivity index (χ0n) is 17.3. The predicted octanol–water partition coefficient (Wildman–Crippen LogP) is -0.440. The van der Waals surface area contributed by atoms with Gasteiger partial charge in [-0.2, -0.15) is 4.80 Å². The first-order valence-electron chi connectivity index (χ1n) is 9.34.